The van der Waals surface area contributed by atoms with Gasteiger partial charge in [-0.15, -0.1) is 0 Å². The second-order valence-corrected chi connectivity index (χ2v) is 7.11. The van der Waals surface area contributed by atoms with Crippen LogP contribution in [-0.2, 0) is 20.8 Å². The third kappa shape index (κ3) is 3.91. The van der Waals surface area contributed by atoms with Crippen molar-refractivity contribution in [1.82, 2.24) is 10.2 Å². The van der Waals surface area contributed by atoms with Gasteiger partial charge in [-0.25, -0.2) is 0 Å². The summed E-state index contributed by atoms with van der Waals surface area (Å²) in [5.41, 5.74) is 1.13. The number of methoxy groups -OCH3 is 1. The molecule has 2 saturated heterocycles. The van der Waals surface area contributed by atoms with Crippen LogP contribution in [0.25, 0.3) is 0 Å². The molecule has 2 aliphatic heterocycles. The maximum absolute atomic E-state index is 11.5. The summed E-state index contributed by atoms with van der Waals surface area (Å²) in [6.07, 6.45) is 2.02. The predicted octanol–water partition coefficient (Wildman–Crippen LogP) is 2.08. The van der Waals surface area contributed by atoms with Crippen molar-refractivity contribution in [1.29, 1.82) is 0 Å². The van der Waals surface area contributed by atoms with E-state index < -0.39 is 0 Å². The van der Waals surface area contributed by atoms with Crippen LogP contribution in [0.2, 0.25) is 5.02 Å². The molecule has 1 aromatic carbocycles. The van der Waals surface area contributed by atoms with Gasteiger partial charge >= 0.3 is 0 Å². The number of carbonyl (C=O) groups is 1. The van der Waals surface area contributed by atoms with Gasteiger partial charge in [0.15, 0.2) is 0 Å². The standard InChI is InChI=1S/C18H25ClN2O3/c1-23-11-17(22)20-8-6-15-7-9-24-18(15)12-21(13-18)10-14-4-2-3-5-16(14)19/h2-5,15H,6-13H2,1H3,(H,20,22). The number of likely N-dealkylation sites (tertiary alicyclic amines) is 1. The number of rotatable bonds is 7. The van der Waals surface area contributed by atoms with Crippen LogP contribution in [0.15, 0.2) is 24.3 Å². The van der Waals surface area contributed by atoms with Crippen molar-refractivity contribution in [3.05, 3.63) is 34.9 Å². The van der Waals surface area contributed by atoms with E-state index >= 15 is 0 Å². The van der Waals surface area contributed by atoms with Crippen molar-refractivity contribution in [3.63, 3.8) is 0 Å². The zero-order valence-electron chi connectivity index (χ0n) is 14.1. The van der Waals surface area contributed by atoms with E-state index in [0.717, 1.165) is 49.7 Å². The summed E-state index contributed by atoms with van der Waals surface area (Å²) in [4.78, 5) is 13.8. The van der Waals surface area contributed by atoms with Crippen molar-refractivity contribution in [3.8, 4) is 0 Å². The third-order valence-electron chi connectivity index (χ3n) is 5.02. The molecule has 1 atom stereocenters. The van der Waals surface area contributed by atoms with Gasteiger partial charge in [-0.3, -0.25) is 9.69 Å². The number of nitrogens with zero attached hydrogens (tertiary/aromatic N) is 1. The third-order valence-corrected chi connectivity index (χ3v) is 5.39. The van der Waals surface area contributed by atoms with E-state index in [9.17, 15) is 4.79 Å². The normalized spacial score (nSPS) is 22.5. The minimum Gasteiger partial charge on any atom is -0.375 e. The van der Waals surface area contributed by atoms with Crippen LogP contribution in [0, 0.1) is 5.92 Å². The Morgan fingerprint density at radius 1 is 1.46 bits per heavy atom. The number of benzene rings is 1. The molecule has 1 N–H and O–H groups in total. The average molecular weight is 353 g/mol. The molecule has 0 bridgehead atoms. The minimum atomic E-state index is -0.0561. The molecule has 0 radical (unpaired) electrons. The van der Waals surface area contributed by atoms with Crippen LogP contribution >= 0.6 is 11.6 Å². The molecule has 1 unspecified atom stereocenters. The van der Waals surface area contributed by atoms with E-state index in [4.69, 9.17) is 21.1 Å². The number of ether oxygens (including phenoxy) is 2. The van der Waals surface area contributed by atoms with E-state index in [2.05, 4.69) is 16.3 Å². The number of halogens is 1. The van der Waals surface area contributed by atoms with Crippen LogP contribution in [0.5, 0.6) is 0 Å². The molecule has 3 rings (SSSR count). The van der Waals surface area contributed by atoms with E-state index in [-0.39, 0.29) is 18.1 Å². The lowest BCUT2D eigenvalue weighted by atomic mass is 9.78. The molecule has 2 aliphatic rings. The van der Waals surface area contributed by atoms with Crippen molar-refractivity contribution >= 4 is 17.5 Å². The Morgan fingerprint density at radius 3 is 3.00 bits per heavy atom. The van der Waals surface area contributed by atoms with Crippen molar-refractivity contribution in [2.75, 3.05) is 40.0 Å². The Bertz CT molecular complexity index is 575. The first-order chi connectivity index (χ1) is 11.6. The first-order valence-corrected chi connectivity index (χ1v) is 8.86. The largest absolute Gasteiger partial charge is 0.375 e. The summed E-state index contributed by atoms with van der Waals surface area (Å²) in [5.74, 6) is 0.447. The van der Waals surface area contributed by atoms with Gasteiger partial charge in [-0.1, -0.05) is 29.8 Å². The second kappa shape index (κ2) is 7.83. The molecule has 0 saturated carbocycles. The fourth-order valence-electron chi connectivity index (χ4n) is 3.80. The molecule has 2 fully saturated rings. The van der Waals surface area contributed by atoms with Gasteiger partial charge in [0.05, 0.1) is 5.60 Å². The van der Waals surface area contributed by atoms with Crippen LogP contribution in [-0.4, -0.2) is 56.4 Å². The Hall–Kier alpha value is -1.14. The maximum Gasteiger partial charge on any atom is 0.245 e. The quantitative estimate of drug-likeness (QED) is 0.816. The van der Waals surface area contributed by atoms with Gasteiger partial charge in [0.2, 0.25) is 5.91 Å². The maximum atomic E-state index is 11.5. The highest BCUT2D eigenvalue weighted by molar-refractivity contribution is 6.31. The van der Waals surface area contributed by atoms with Crippen molar-refractivity contribution in [2.45, 2.75) is 25.0 Å². The van der Waals surface area contributed by atoms with Gasteiger partial charge < -0.3 is 14.8 Å². The second-order valence-electron chi connectivity index (χ2n) is 6.71. The Labute approximate surface area is 148 Å². The monoisotopic (exact) mass is 352 g/mol. The fourth-order valence-corrected chi connectivity index (χ4v) is 4.00. The lowest BCUT2D eigenvalue weighted by molar-refractivity contribution is -0.137. The van der Waals surface area contributed by atoms with E-state index in [0.29, 0.717) is 12.5 Å². The molecule has 2 heterocycles. The fraction of sp³-hybridized carbons (Fsp3) is 0.611. The average Bonchev–Trinajstić information content (AvgIpc) is 2.93. The van der Waals surface area contributed by atoms with Gasteiger partial charge in [0, 0.05) is 44.9 Å². The van der Waals surface area contributed by atoms with E-state index in [1.54, 1.807) is 0 Å². The molecule has 6 heteroatoms. The molecular weight excluding hydrogens is 328 g/mol. The molecule has 24 heavy (non-hydrogen) atoms. The topological polar surface area (TPSA) is 50.8 Å². The highest BCUT2D eigenvalue weighted by atomic mass is 35.5. The molecule has 0 aromatic heterocycles. The number of carbonyl (C=O) groups excluding carboxylic acids is 1. The summed E-state index contributed by atoms with van der Waals surface area (Å²) < 4.78 is 10.9. The lowest BCUT2D eigenvalue weighted by Crippen LogP contribution is -2.64. The SMILES string of the molecule is COCC(=O)NCCC1CCOC12CN(Cc1ccccc1Cl)C2. The van der Waals surface area contributed by atoms with Gasteiger partial charge in [0.25, 0.3) is 0 Å². The smallest absolute Gasteiger partial charge is 0.245 e. The molecule has 1 amide bonds. The number of hydrogen-bond donors (Lipinski definition) is 1. The highest BCUT2D eigenvalue weighted by Crippen LogP contribution is 2.42. The summed E-state index contributed by atoms with van der Waals surface area (Å²) in [6, 6.07) is 7.99. The molecule has 132 valence electrons. The molecule has 1 aromatic rings. The molecule has 0 aliphatic carbocycles. The van der Waals surface area contributed by atoms with E-state index in [1.807, 2.05) is 18.2 Å². The first-order valence-electron chi connectivity index (χ1n) is 8.48. The van der Waals surface area contributed by atoms with Crippen LogP contribution < -0.4 is 5.32 Å². The Balaban J connectivity index is 1.46. The number of amides is 1. The molecule has 1 spiro atoms. The van der Waals surface area contributed by atoms with Crippen LogP contribution in [0.1, 0.15) is 18.4 Å². The van der Waals surface area contributed by atoms with Crippen LogP contribution in [0.3, 0.4) is 0 Å². The molecular formula is C18H25ClN2O3. The Morgan fingerprint density at radius 2 is 2.25 bits per heavy atom. The summed E-state index contributed by atoms with van der Waals surface area (Å²) in [6.45, 7) is 4.36. The summed E-state index contributed by atoms with van der Waals surface area (Å²) in [7, 11) is 1.53. The van der Waals surface area contributed by atoms with Crippen molar-refractivity contribution in [2.24, 2.45) is 5.92 Å². The predicted molar refractivity (Wildman–Crippen MR) is 93.0 cm³/mol. The molecule has 5 nitrogen and oxygen atoms in total. The Kier molecular flexibility index (Phi) is 5.76. The zero-order valence-corrected chi connectivity index (χ0v) is 14.8. The van der Waals surface area contributed by atoms with Crippen molar-refractivity contribution < 1.29 is 14.3 Å². The lowest BCUT2D eigenvalue weighted by Gasteiger charge is -2.50. The van der Waals surface area contributed by atoms with Crippen LogP contribution in [0.4, 0.5) is 0 Å². The summed E-state index contributed by atoms with van der Waals surface area (Å²) in [5, 5.41) is 3.73. The van der Waals surface area contributed by atoms with Gasteiger partial charge in [0.1, 0.15) is 6.61 Å². The minimum absolute atomic E-state index is 0.0345. The first kappa shape index (κ1) is 17.7. The van der Waals surface area contributed by atoms with E-state index in [1.165, 1.54) is 7.11 Å². The number of hydrogen-bond acceptors (Lipinski definition) is 4. The van der Waals surface area contributed by atoms with Gasteiger partial charge in [-0.05, 0) is 30.4 Å². The number of nitrogens with one attached hydrogen (secondary N) is 1. The van der Waals surface area contributed by atoms with Gasteiger partial charge in [-0.2, -0.15) is 0 Å². The summed E-state index contributed by atoms with van der Waals surface area (Å²) >= 11 is 6.24. The highest BCUT2D eigenvalue weighted by Gasteiger charge is 2.52. The zero-order chi connectivity index (χ0) is 17.0.